The zero-order chi connectivity index (χ0) is 12.7. The average Bonchev–Trinajstić information content (AvgIpc) is 2.35. The van der Waals surface area contributed by atoms with Crippen LogP contribution in [0, 0.1) is 5.92 Å². The van der Waals surface area contributed by atoms with Crippen molar-refractivity contribution in [3.8, 4) is 0 Å². The van der Waals surface area contributed by atoms with Crippen LogP contribution in [0.2, 0.25) is 0 Å². The molecule has 0 aliphatic heterocycles. The van der Waals surface area contributed by atoms with E-state index in [0.29, 0.717) is 12.2 Å². The van der Waals surface area contributed by atoms with Crippen molar-refractivity contribution >= 4 is 17.7 Å². The highest BCUT2D eigenvalue weighted by atomic mass is 16.3. The van der Waals surface area contributed by atoms with Crippen molar-refractivity contribution in [3.63, 3.8) is 0 Å². The van der Waals surface area contributed by atoms with Gasteiger partial charge < -0.3 is 16.2 Å². The zero-order valence-electron chi connectivity index (χ0n) is 9.89. The standard InChI is InChI=1S/C13H18N2O2/c1-10(9-16)8-15-13(17)7-4-11-2-5-12(14)6-3-11/h2-7,10,16H,8-9,14H2,1H3,(H,15,17)/b7-4+. The number of nitrogen functional groups attached to an aromatic ring is 1. The highest BCUT2D eigenvalue weighted by Gasteiger charge is 2.01. The van der Waals surface area contributed by atoms with E-state index < -0.39 is 0 Å². The highest BCUT2D eigenvalue weighted by Crippen LogP contribution is 2.06. The largest absolute Gasteiger partial charge is 0.399 e. The Morgan fingerprint density at radius 3 is 2.71 bits per heavy atom. The molecule has 1 aromatic rings. The predicted octanol–water partition coefficient (Wildman–Crippen LogP) is 1.03. The third-order valence-electron chi connectivity index (χ3n) is 2.30. The molecule has 0 aromatic heterocycles. The van der Waals surface area contributed by atoms with Crippen LogP contribution in [-0.4, -0.2) is 24.2 Å². The predicted molar refractivity (Wildman–Crippen MR) is 69.1 cm³/mol. The number of carbonyl (C=O) groups is 1. The molecule has 92 valence electrons. The Labute approximate surface area is 101 Å². The molecule has 0 aliphatic carbocycles. The fourth-order valence-corrected chi connectivity index (χ4v) is 1.18. The summed E-state index contributed by atoms with van der Waals surface area (Å²) < 4.78 is 0. The van der Waals surface area contributed by atoms with E-state index in [4.69, 9.17) is 10.8 Å². The number of aliphatic hydroxyl groups is 1. The third-order valence-corrected chi connectivity index (χ3v) is 2.30. The molecule has 1 rings (SSSR count). The van der Waals surface area contributed by atoms with Crippen LogP contribution in [0.1, 0.15) is 12.5 Å². The van der Waals surface area contributed by atoms with Crippen molar-refractivity contribution in [2.45, 2.75) is 6.92 Å². The molecule has 1 aromatic carbocycles. The van der Waals surface area contributed by atoms with Gasteiger partial charge in [0.05, 0.1) is 0 Å². The van der Waals surface area contributed by atoms with Crippen LogP contribution in [-0.2, 0) is 4.79 Å². The van der Waals surface area contributed by atoms with Gasteiger partial charge in [-0.15, -0.1) is 0 Å². The summed E-state index contributed by atoms with van der Waals surface area (Å²) in [5.74, 6) is -0.0917. The molecule has 4 nitrogen and oxygen atoms in total. The smallest absolute Gasteiger partial charge is 0.244 e. The Morgan fingerprint density at radius 2 is 2.12 bits per heavy atom. The number of hydrogen-bond acceptors (Lipinski definition) is 3. The zero-order valence-corrected chi connectivity index (χ0v) is 9.89. The van der Waals surface area contributed by atoms with Gasteiger partial charge in [-0.3, -0.25) is 4.79 Å². The molecule has 1 amide bonds. The average molecular weight is 234 g/mol. The minimum absolute atomic E-state index is 0.0714. The summed E-state index contributed by atoms with van der Waals surface area (Å²) in [6.07, 6.45) is 3.19. The number of nitrogens with one attached hydrogen (secondary N) is 1. The van der Waals surface area contributed by atoms with E-state index in [1.54, 1.807) is 18.2 Å². The second-order valence-electron chi connectivity index (χ2n) is 4.03. The van der Waals surface area contributed by atoms with Gasteiger partial charge in [0, 0.05) is 24.9 Å². The van der Waals surface area contributed by atoms with Crippen molar-refractivity contribution < 1.29 is 9.90 Å². The lowest BCUT2D eigenvalue weighted by Crippen LogP contribution is -2.27. The third kappa shape index (κ3) is 5.17. The summed E-state index contributed by atoms with van der Waals surface area (Å²) in [6, 6.07) is 7.25. The molecule has 0 saturated carbocycles. The quantitative estimate of drug-likeness (QED) is 0.526. The van der Waals surface area contributed by atoms with Gasteiger partial charge in [-0.25, -0.2) is 0 Å². The van der Waals surface area contributed by atoms with Crippen molar-refractivity contribution in [3.05, 3.63) is 35.9 Å². The molecule has 1 unspecified atom stereocenters. The molecule has 0 radical (unpaired) electrons. The molecule has 4 N–H and O–H groups in total. The molecule has 0 heterocycles. The fraction of sp³-hybridized carbons (Fsp3) is 0.308. The lowest BCUT2D eigenvalue weighted by Gasteiger charge is -2.07. The SMILES string of the molecule is CC(CO)CNC(=O)/C=C/c1ccc(N)cc1. The number of carbonyl (C=O) groups excluding carboxylic acids is 1. The first-order valence-electron chi connectivity index (χ1n) is 5.54. The van der Waals surface area contributed by atoms with Crippen LogP contribution in [0.3, 0.4) is 0 Å². The number of amides is 1. The molecule has 0 aliphatic rings. The Morgan fingerprint density at radius 1 is 1.47 bits per heavy atom. The van der Waals surface area contributed by atoms with Crippen LogP contribution >= 0.6 is 0 Å². The summed E-state index contributed by atoms with van der Waals surface area (Å²) in [5.41, 5.74) is 7.17. The molecule has 17 heavy (non-hydrogen) atoms. The minimum Gasteiger partial charge on any atom is -0.399 e. The van der Waals surface area contributed by atoms with Crippen LogP contribution < -0.4 is 11.1 Å². The first-order valence-corrected chi connectivity index (χ1v) is 5.54. The first-order chi connectivity index (χ1) is 8.11. The molecule has 1 atom stereocenters. The fourth-order valence-electron chi connectivity index (χ4n) is 1.18. The molecule has 0 fully saturated rings. The summed E-state index contributed by atoms with van der Waals surface area (Å²) in [4.78, 5) is 11.4. The summed E-state index contributed by atoms with van der Waals surface area (Å²) >= 11 is 0. The highest BCUT2D eigenvalue weighted by molar-refractivity contribution is 5.91. The first kappa shape index (κ1) is 13.3. The van der Waals surface area contributed by atoms with Gasteiger partial charge in [0.1, 0.15) is 0 Å². The van der Waals surface area contributed by atoms with Gasteiger partial charge in [-0.05, 0) is 29.7 Å². The Bertz CT molecular complexity index is 385. The van der Waals surface area contributed by atoms with Gasteiger partial charge in [-0.1, -0.05) is 19.1 Å². The maximum Gasteiger partial charge on any atom is 0.244 e. The second-order valence-corrected chi connectivity index (χ2v) is 4.03. The van der Waals surface area contributed by atoms with Gasteiger partial charge >= 0.3 is 0 Å². The topological polar surface area (TPSA) is 75.3 Å². The van der Waals surface area contributed by atoms with E-state index in [1.165, 1.54) is 6.08 Å². The second kappa shape index (κ2) is 6.70. The van der Waals surface area contributed by atoms with E-state index in [1.807, 2.05) is 19.1 Å². The normalized spacial score (nSPS) is 12.6. The van der Waals surface area contributed by atoms with E-state index in [0.717, 1.165) is 5.56 Å². The van der Waals surface area contributed by atoms with Gasteiger partial charge in [-0.2, -0.15) is 0 Å². The lowest BCUT2D eigenvalue weighted by atomic mass is 10.2. The van der Waals surface area contributed by atoms with E-state index in [-0.39, 0.29) is 18.4 Å². The number of rotatable bonds is 5. The van der Waals surface area contributed by atoms with Crippen molar-refractivity contribution in [1.29, 1.82) is 0 Å². The molecular weight excluding hydrogens is 216 g/mol. The Kier molecular flexibility index (Phi) is 5.23. The van der Waals surface area contributed by atoms with E-state index in [9.17, 15) is 4.79 Å². The molecule has 0 saturated heterocycles. The number of anilines is 1. The molecule has 4 heteroatoms. The van der Waals surface area contributed by atoms with Crippen LogP contribution in [0.25, 0.3) is 6.08 Å². The van der Waals surface area contributed by atoms with Crippen molar-refractivity contribution in [1.82, 2.24) is 5.32 Å². The molecular formula is C13H18N2O2. The van der Waals surface area contributed by atoms with Crippen molar-refractivity contribution in [2.24, 2.45) is 5.92 Å². The molecule has 0 bridgehead atoms. The van der Waals surface area contributed by atoms with Gasteiger partial charge in [0.25, 0.3) is 0 Å². The van der Waals surface area contributed by atoms with Crippen LogP contribution in [0.4, 0.5) is 5.69 Å². The number of aliphatic hydroxyl groups excluding tert-OH is 1. The minimum atomic E-state index is -0.165. The number of nitrogens with two attached hydrogens (primary N) is 1. The molecule has 0 spiro atoms. The maximum atomic E-state index is 11.4. The van der Waals surface area contributed by atoms with Gasteiger partial charge in [0.2, 0.25) is 5.91 Å². The van der Waals surface area contributed by atoms with E-state index in [2.05, 4.69) is 5.32 Å². The Hall–Kier alpha value is -1.81. The van der Waals surface area contributed by atoms with Crippen molar-refractivity contribution in [2.75, 3.05) is 18.9 Å². The lowest BCUT2D eigenvalue weighted by molar-refractivity contribution is -0.116. The maximum absolute atomic E-state index is 11.4. The summed E-state index contributed by atoms with van der Waals surface area (Å²) in [5, 5.41) is 11.5. The van der Waals surface area contributed by atoms with Crippen LogP contribution in [0.15, 0.2) is 30.3 Å². The van der Waals surface area contributed by atoms with E-state index >= 15 is 0 Å². The summed E-state index contributed by atoms with van der Waals surface area (Å²) in [6.45, 7) is 2.41. The number of hydrogen-bond donors (Lipinski definition) is 3. The number of benzene rings is 1. The monoisotopic (exact) mass is 234 g/mol. The summed E-state index contributed by atoms with van der Waals surface area (Å²) in [7, 11) is 0. The Balaban J connectivity index is 2.42. The van der Waals surface area contributed by atoms with Gasteiger partial charge in [0.15, 0.2) is 0 Å². The van der Waals surface area contributed by atoms with Crippen LogP contribution in [0.5, 0.6) is 0 Å².